The van der Waals surface area contributed by atoms with Gasteiger partial charge in [0.2, 0.25) is 0 Å². The second kappa shape index (κ2) is 10.3. The van der Waals surface area contributed by atoms with Gasteiger partial charge in [0.25, 0.3) is 0 Å². The van der Waals surface area contributed by atoms with Crippen LogP contribution in [0.3, 0.4) is 0 Å². The standard InChI is InChI=1S/C22H28N2O3S/c1-3-26-21-13-7-5-11-19(21)23-22(28)24(16-18-10-8-14-27-18)15-17-9-4-6-12-20(17)25-2/h4-7,9,11-13,18H,3,8,10,14-16H2,1-2H3,(H,23,28). The van der Waals surface area contributed by atoms with Gasteiger partial charge in [0.15, 0.2) is 5.11 Å². The quantitative estimate of drug-likeness (QED) is 0.660. The van der Waals surface area contributed by atoms with Crippen LogP contribution >= 0.6 is 12.2 Å². The van der Waals surface area contributed by atoms with Crippen LogP contribution < -0.4 is 14.8 Å². The van der Waals surface area contributed by atoms with Crippen LogP contribution in [0.4, 0.5) is 5.69 Å². The minimum atomic E-state index is 0.191. The van der Waals surface area contributed by atoms with E-state index in [2.05, 4.69) is 16.3 Å². The maximum absolute atomic E-state index is 5.86. The highest BCUT2D eigenvalue weighted by atomic mass is 32.1. The Morgan fingerprint density at radius 1 is 1.18 bits per heavy atom. The first-order valence-corrected chi connectivity index (χ1v) is 10.1. The SMILES string of the molecule is CCOc1ccccc1NC(=S)N(Cc1ccccc1OC)CC1CCCO1. The average molecular weight is 401 g/mol. The van der Waals surface area contributed by atoms with Gasteiger partial charge >= 0.3 is 0 Å². The van der Waals surface area contributed by atoms with Crippen molar-refractivity contribution < 1.29 is 14.2 Å². The molecule has 1 unspecified atom stereocenters. The smallest absolute Gasteiger partial charge is 0.173 e. The molecule has 6 heteroatoms. The molecule has 0 amide bonds. The van der Waals surface area contributed by atoms with Crippen LogP contribution in [0.25, 0.3) is 0 Å². The Morgan fingerprint density at radius 2 is 1.93 bits per heavy atom. The Labute approximate surface area is 172 Å². The Morgan fingerprint density at radius 3 is 2.64 bits per heavy atom. The third-order valence-corrected chi connectivity index (χ3v) is 5.08. The van der Waals surface area contributed by atoms with Gasteiger partial charge in [0.1, 0.15) is 11.5 Å². The zero-order chi connectivity index (χ0) is 19.8. The topological polar surface area (TPSA) is 43.0 Å². The van der Waals surface area contributed by atoms with E-state index in [-0.39, 0.29) is 6.10 Å². The zero-order valence-electron chi connectivity index (χ0n) is 16.5. The number of nitrogens with zero attached hydrogens (tertiary/aromatic N) is 1. The molecule has 0 aliphatic carbocycles. The number of hydrogen-bond donors (Lipinski definition) is 1. The van der Waals surface area contributed by atoms with Gasteiger partial charge in [-0.1, -0.05) is 30.3 Å². The third-order valence-electron chi connectivity index (χ3n) is 4.72. The van der Waals surface area contributed by atoms with Crippen molar-refractivity contribution >= 4 is 23.0 Å². The third kappa shape index (κ3) is 5.36. The summed E-state index contributed by atoms with van der Waals surface area (Å²) in [6, 6.07) is 15.9. The summed E-state index contributed by atoms with van der Waals surface area (Å²) in [5.74, 6) is 1.65. The first-order valence-electron chi connectivity index (χ1n) is 9.72. The van der Waals surface area contributed by atoms with Gasteiger partial charge in [-0.25, -0.2) is 0 Å². The summed E-state index contributed by atoms with van der Waals surface area (Å²) < 4.78 is 17.1. The van der Waals surface area contributed by atoms with E-state index in [1.165, 1.54) is 0 Å². The van der Waals surface area contributed by atoms with Gasteiger partial charge in [0.05, 0.1) is 25.5 Å². The van der Waals surface area contributed by atoms with Gasteiger partial charge < -0.3 is 24.4 Å². The van der Waals surface area contributed by atoms with E-state index in [1.807, 2.05) is 49.4 Å². The van der Waals surface area contributed by atoms with E-state index in [0.29, 0.717) is 18.3 Å². The molecule has 2 aromatic rings. The van der Waals surface area contributed by atoms with Crippen LogP contribution in [0, 0.1) is 0 Å². The van der Waals surface area contributed by atoms with Crippen molar-refractivity contribution in [1.82, 2.24) is 4.90 Å². The Bertz CT molecular complexity index is 778. The zero-order valence-corrected chi connectivity index (χ0v) is 17.3. The predicted octanol–water partition coefficient (Wildman–Crippen LogP) is 4.47. The molecule has 1 saturated heterocycles. The number of rotatable bonds is 8. The molecule has 0 saturated carbocycles. The largest absolute Gasteiger partial charge is 0.496 e. The molecule has 3 rings (SSSR count). The lowest BCUT2D eigenvalue weighted by Gasteiger charge is -2.29. The first kappa shape index (κ1) is 20.4. The van der Waals surface area contributed by atoms with Crippen molar-refractivity contribution in [2.45, 2.75) is 32.4 Å². The molecule has 0 aromatic heterocycles. The molecule has 1 fully saturated rings. The fraction of sp³-hybridized carbons (Fsp3) is 0.409. The maximum Gasteiger partial charge on any atom is 0.173 e. The molecule has 1 aliphatic rings. The van der Waals surface area contributed by atoms with Gasteiger partial charge in [0, 0.05) is 25.3 Å². The summed E-state index contributed by atoms with van der Waals surface area (Å²) in [4.78, 5) is 2.14. The molecule has 28 heavy (non-hydrogen) atoms. The number of benzene rings is 2. The normalized spacial score (nSPS) is 15.9. The van der Waals surface area contributed by atoms with Gasteiger partial charge in [-0.2, -0.15) is 0 Å². The minimum absolute atomic E-state index is 0.191. The predicted molar refractivity (Wildman–Crippen MR) is 116 cm³/mol. The molecular formula is C22H28N2O3S. The molecule has 150 valence electrons. The van der Waals surface area contributed by atoms with Crippen LogP contribution in [0.1, 0.15) is 25.3 Å². The Kier molecular flexibility index (Phi) is 7.51. The van der Waals surface area contributed by atoms with E-state index < -0.39 is 0 Å². The lowest BCUT2D eigenvalue weighted by Crippen LogP contribution is -2.39. The van der Waals surface area contributed by atoms with Crippen LogP contribution in [0.15, 0.2) is 48.5 Å². The van der Waals surface area contributed by atoms with Crippen molar-refractivity contribution in [3.05, 3.63) is 54.1 Å². The van der Waals surface area contributed by atoms with Crippen molar-refractivity contribution in [3.63, 3.8) is 0 Å². The lowest BCUT2D eigenvalue weighted by atomic mass is 10.1. The number of thiocarbonyl (C=S) groups is 1. The second-order valence-electron chi connectivity index (χ2n) is 6.69. The fourth-order valence-electron chi connectivity index (χ4n) is 3.34. The molecule has 2 aromatic carbocycles. The molecule has 0 bridgehead atoms. The number of nitrogens with one attached hydrogen (secondary N) is 1. The van der Waals surface area contributed by atoms with Crippen LogP contribution in [-0.4, -0.2) is 43.0 Å². The van der Waals surface area contributed by atoms with Crippen LogP contribution in [0.2, 0.25) is 0 Å². The van der Waals surface area contributed by atoms with Gasteiger partial charge in [-0.3, -0.25) is 0 Å². The van der Waals surface area contributed by atoms with E-state index >= 15 is 0 Å². The molecular weight excluding hydrogens is 372 g/mol. The Hall–Kier alpha value is -2.31. The van der Waals surface area contributed by atoms with Gasteiger partial charge in [-0.15, -0.1) is 0 Å². The number of anilines is 1. The molecule has 0 radical (unpaired) electrons. The summed E-state index contributed by atoms with van der Waals surface area (Å²) >= 11 is 5.78. The summed E-state index contributed by atoms with van der Waals surface area (Å²) in [6.07, 6.45) is 2.35. The minimum Gasteiger partial charge on any atom is -0.496 e. The van der Waals surface area contributed by atoms with Gasteiger partial charge in [-0.05, 0) is 50.2 Å². The highest BCUT2D eigenvalue weighted by Gasteiger charge is 2.22. The van der Waals surface area contributed by atoms with Crippen molar-refractivity contribution in [3.8, 4) is 11.5 Å². The summed E-state index contributed by atoms with van der Waals surface area (Å²) in [5.41, 5.74) is 1.96. The van der Waals surface area contributed by atoms with Crippen molar-refractivity contribution in [2.24, 2.45) is 0 Å². The van der Waals surface area contributed by atoms with E-state index in [0.717, 1.165) is 48.7 Å². The van der Waals surface area contributed by atoms with Crippen molar-refractivity contribution in [1.29, 1.82) is 0 Å². The monoisotopic (exact) mass is 400 g/mol. The lowest BCUT2D eigenvalue weighted by molar-refractivity contribution is 0.0903. The molecule has 1 N–H and O–H groups in total. The fourth-order valence-corrected chi connectivity index (χ4v) is 3.59. The number of para-hydroxylation sites is 3. The number of methoxy groups -OCH3 is 1. The number of ether oxygens (including phenoxy) is 3. The second-order valence-corrected chi connectivity index (χ2v) is 7.07. The van der Waals surface area contributed by atoms with E-state index in [4.69, 9.17) is 26.4 Å². The summed E-state index contributed by atoms with van der Waals surface area (Å²) in [5, 5.41) is 4.01. The highest BCUT2D eigenvalue weighted by Crippen LogP contribution is 2.26. The molecule has 0 spiro atoms. The number of hydrogen-bond acceptors (Lipinski definition) is 4. The Balaban J connectivity index is 1.78. The summed E-state index contributed by atoms with van der Waals surface area (Å²) in [7, 11) is 1.69. The molecule has 1 heterocycles. The van der Waals surface area contributed by atoms with Crippen LogP contribution in [0.5, 0.6) is 11.5 Å². The van der Waals surface area contributed by atoms with E-state index in [9.17, 15) is 0 Å². The maximum atomic E-state index is 5.86. The first-order chi connectivity index (χ1) is 13.7. The van der Waals surface area contributed by atoms with Crippen molar-refractivity contribution in [2.75, 3.05) is 32.2 Å². The van der Waals surface area contributed by atoms with E-state index in [1.54, 1.807) is 7.11 Å². The molecule has 1 atom stereocenters. The molecule has 1 aliphatic heterocycles. The highest BCUT2D eigenvalue weighted by molar-refractivity contribution is 7.80. The van der Waals surface area contributed by atoms with Crippen LogP contribution in [-0.2, 0) is 11.3 Å². The average Bonchev–Trinajstić information content (AvgIpc) is 3.22. The molecule has 5 nitrogen and oxygen atoms in total. The summed E-state index contributed by atoms with van der Waals surface area (Å²) in [6.45, 7) is 4.78.